The van der Waals surface area contributed by atoms with E-state index < -0.39 is 97.8 Å². The van der Waals surface area contributed by atoms with E-state index in [1.54, 1.807) is 0 Å². The molecule has 2 aromatic rings. The molecule has 2 aromatic carbocycles. The number of ether oxygens (including phenoxy) is 2. The maximum atomic E-state index is 14.5. The molecule has 0 radical (unpaired) electrons. The van der Waals surface area contributed by atoms with Crippen molar-refractivity contribution in [3.63, 3.8) is 0 Å². The fraction of sp³-hybridized carbons (Fsp3) is 0.400. The van der Waals surface area contributed by atoms with Crippen molar-refractivity contribution in [3.8, 4) is 5.75 Å². The quantitative estimate of drug-likeness (QED) is 0.108. The molecule has 1 aliphatic heterocycles. The zero-order valence-corrected chi connectivity index (χ0v) is 24.1. The number of hydrogen-bond donors (Lipinski definition) is 0. The van der Waals surface area contributed by atoms with E-state index in [1.807, 2.05) is 0 Å². The molecule has 2 unspecified atom stereocenters. The lowest BCUT2D eigenvalue weighted by molar-refractivity contribution is -0.197. The molecule has 0 fully saturated rings. The van der Waals surface area contributed by atoms with E-state index >= 15 is 0 Å². The average Bonchev–Trinajstić information content (AvgIpc) is 3.02. The van der Waals surface area contributed by atoms with Gasteiger partial charge in [-0.2, -0.15) is 17.6 Å². The molecule has 236 valence electrons. The highest BCUT2D eigenvalue weighted by molar-refractivity contribution is 9.10. The minimum absolute atomic E-state index is 0.329. The number of carbonyl (C=O) groups excluding carboxylic acids is 3. The largest absolute Gasteiger partial charge is 0.458 e. The fourth-order valence-corrected chi connectivity index (χ4v) is 6.73. The van der Waals surface area contributed by atoms with Crippen molar-refractivity contribution in [2.24, 2.45) is 5.41 Å². The van der Waals surface area contributed by atoms with Crippen LogP contribution in [0.25, 0.3) is 0 Å². The summed E-state index contributed by atoms with van der Waals surface area (Å²) in [7, 11) is -5.18. The third kappa shape index (κ3) is 6.73. The van der Waals surface area contributed by atoms with Crippen LogP contribution in [0.15, 0.2) is 53.0 Å². The normalized spacial score (nSPS) is 20.3. The summed E-state index contributed by atoms with van der Waals surface area (Å²) in [5.74, 6) is -17.3. The lowest BCUT2D eigenvalue weighted by Gasteiger charge is -2.36. The van der Waals surface area contributed by atoms with Gasteiger partial charge < -0.3 is 14.0 Å². The number of esters is 2. The first-order valence-corrected chi connectivity index (χ1v) is 14.3. The molecule has 0 bridgehead atoms. The second kappa shape index (κ2) is 12.9. The lowest BCUT2D eigenvalue weighted by Crippen LogP contribution is -2.54. The summed E-state index contributed by atoms with van der Waals surface area (Å²) >= 11 is 3.10. The SMILES string of the molecule is CCOP1(=O)Oc2ccccc2C(=O)C(C(=O)OCC(F)(F)C(F)F)(C(=O)OCC(F)(F)C(F)F)C1c1ccc(Br)cc1. The molecule has 3 rings (SSSR count). The number of Topliss-reactive ketones (excluding diaryl/α,β-unsaturated/α-hetero) is 1. The maximum Gasteiger partial charge on any atom is 0.388 e. The number of halogens is 9. The first-order valence-electron chi connectivity index (χ1n) is 11.9. The third-order valence-electron chi connectivity index (χ3n) is 6.01. The van der Waals surface area contributed by atoms with Crippen molar-refractivity contribution >= 4 is 41.2 Å². The molecule has 0 N–H and O–H groups in total. The van der Waals surface area contributed by atoms with Crippen molar-refractivity contribution in [3.05, 3.63) is 64.1 Å². The second-order valence-electron chi connectivity index (χ2n) is 8.91. The van der Waals surface area contributed by atoms with E-state index in [2.05, 4.69) is 25.4 Å². The predicted molar refractivity (Wildman–Crippen MR) is 134 cm³/mol. The van der Waals surface area contributed by atoms with E-state index in [-0.39, 0.29) is 0 Å². The minimum atomic E-state index is -5.18. The van der Waals surface area contributed by atoms with Gasteiger partial charge >= 0.3 is 44.2 Å². The van der Waals surface area contributed by atoms with Gasteiger partial charge in [-0.25, -0.2) is 22.1 Å². The fourth-order valence-electron chi connectivity index (χ4n) is 4.03. The molecule has 0 aliphatic carbocycles. The molecule has 0 saturated heterocycles. The third-order valence-corrected chi connectivity index (χ3v) is 8.93. The Labute approximate surface area is 246 Å². The maximum absolute atomic E-state index is 14.5. The highest BCUT2D eigenvalue weighted by Gasteiger charge is 2.70. The monoisotopic (exact) mass is 710 g/mol. The predicted octanol–water partition coefficient (Wildman–Crippen LogP) is 6.87. The Hall–Kier alpha value is -3.04. The van der Waals surface area contributed by atoms with Crippen molar-refractivity contribution in [2.75, 3.05) is 19.8 Å². The van der Waals surface area contributed by atoms with Crippen LogP contribution < -0.4 is 4.52 Å². The second-order valence-corrected chi connectivity index (χ2v) is 11.9. The molecule has 1 heterocycles. The van der Waals surface area contributed by atoms with Gasteiger partial charge in [-0.3, -0.25) is 18.9 Å². The molecule has 0 spiro atoms. The highest BCUT2D eigenvalue weighted by atomic mass is 79.9. The molecule has 18 heteroatoms. The van der Waals surface area contributed by atoms with Gasteiger partial charge in [0, 0.05) is 4.47 Å². The summed E-state index contributed by atoms with van der Waals surface area (Å²) < 4.78 is 141. The minimum Gasteiger partial charge on any atom is -0.458 e. The van der Waals surface area contributed by atoms with Crippen molar-refractivity contribution in [2.45, 2.75) is 37.3 Å². The van der Waals surface area contributed by atoms with E-state index in [0.717, 1.165) is 30.3 Å². The standard InChI is InChI=1S/C25H20BrF8O8P/c1-2-41-43(38)18(13-7-9-14(26)10-8-13)25(21(36)39-11-23(31,32)19(27)28,22(37)40-12-24(33,34)20(29)30)17(35)15-5-3-4-6-16(15)42-43/h3-10,18-20H,2,11-12H2,1H3. The van der Waals surface area contributed by atoms with Gasteiger partial charge in [0.2, 0.25) is 5.41 Å². The summed E-state index contributed by atoms with van der Waals surface area (Å²) in [6.07, 6.45) is -8.84. The lowest BCUT2D eigenvalue weighted by atomic mass is 9.74. The van der Waals surface area contributed by atoms with Gasteiger partial charge in [0.15, 0.2) is 19.0 Å². The van der Waals surface area contributed by atoms with E-state index in [9.17, 15) is 54.1 Å². The number of rotatable bonds is 11. The number of para-hydroxylation sites is 1. The molecule has 43 heavy (non-hydrogen) atoms. The van der Waals surface area contributed by atoms with E-state index in [0.29, 0.717) is 4.47 Å². The van der Waals surface area contributed by atoms with Crippen LogP contribution in [0.4, 0.5) is 35.1 Å². The summed E-state index contributed by atoms with van der Waals surface area (Å²) in [4.78, 5) is 41.6. The van der Waals surface area contributed by atoms with Crippen LogP contribution >= 0.6 is 23.5 Å². The van der Waals surface area contributed by atoms with Crippen molar-refractivity contribution in [1.82, 2.24) is 0 Å². The van der Waals surface area contributed by atoms with Crippen molar-refractivity contribution < 1.29 is 72.6 Å². The average molecular weight is 711 g/mol. The molecule has 0 amide bonds. The molecular formula is C25H20BrF8O8P. The summed E-state index contributed by atoms with van der Waals surface area (Å²) in [6.45, 7) is -4.17. The van der Waals surface area contributed by atoms with Gasteiger partial charge in [0.05, 0.1) is 12.2 Å². The Morgan fingerprint density at radius 2 is 1.42 bits per heavy atom. The Morgan fingerprint density at radius 3 is 1.88 bits per heavy atom. The zero-order chi connectivity index (χ0) is 32.4. The topological polar surface area (TPSA) is 105 Å². The number of ketones is 1. The number of hydrogen-bond acceptors (Lipinski definition) is 8. The van der Waals surface area contributed by atoms with Gasteiger partial charge in [-0.15, -0.1) is 0 Å². The van der Waals surface area contributed by atoms with Gasteiger partial charge in [0.1, 0.15) is 11.4 Å². The van der Waals surface area contributed by atoms with E-state index in [1.165, 1.54) is 25.1 Å². The molecule has 0 aromatic heterocycles. The van der Waals surface area contributed by atoms with Crippen LogP contribution in [0.5, 0.6) is 5.75 Å². The molecule has 8 nitrogen and oxygen atoms in total. The summed E-state index contributed by atoms with van der Waals surface area (Å²) in [6, 6.07) is 8.86. The summed E-state index contributed by atoms with van der Waals surface area (Å²) in [5.41, 5.74) is -7.69. The van der Waals surface area contributed by atoms with Gasteiger partial charge in [-0.05, 0) is 36.8 Å². The van der Waals surface area contributed by atoms with Crippen LogP contribution in [0.1, 0.15) is 28.5 Å². The Balaban J connectivity index is 2.41. The molecular weight excluding hydrogens is 691 g/mol. The number of fused-ring (bicyclic) bond motifs is 1. The first kappa shape index (κ1) is 34.5. The number of benzene rings is 2. The van der Waals surface area contributed by atoms with Crippen LogP contribution in [0, 0.1) is 5.41 Å². The Kier molecular flexibility index (Phi) is 10.3. The van der Waals surface area contributed by atoms with Crippen LogP contribution in [-0.4, -0.2) is 62.2 Å². The zero-order valence-electron chi connectivity index (χ0n) is 21.6. The highest BCUT2D eigenvalue weighted by Crippen LogP contribution is 2.70. The van der Waals surface area contributed by atoms with Crippen molar-refractivity contribution in [1.29, 1.82) is 0 Å². The Morgan fingerprint density at radius 1 is 0.930 bits per heavy atom. The van der Waals surface area contributed by atoms with Crippen LogP contribution in [-0.2, 0) is 28.2 Å². The van der Waals surface area contributed by atoms with Crippen LogP contribution in [0.2, 0.25) is 0 Å². The summed E-state index contributed by atoms with van der Waals surface area (Å²) in [5, 5.41) is 0. The molecule has 1 aliphatic rings. The smallest absolute Gasteiger partial charge is 0.388 e. The molecule has 0 saturated carbocycles. The number of alkyl halides is 8. The van der Waals surface area contributed by atoms with Gasteiger partial charge in [0.25, 0.3) is 0 Å². The molecule has 2 atom stereocenters. The van der Waals surface area contributed by atoms with Crippen LogP contribution in [0.3, 0.4) is 0 Å². The Bertz CT molecular complexity index is 1370. The van der Waals surface area contributed by atoms with E-state index in [4.69, 9.17) is 9.05 Å². The van der Waals surface area contributed by atoms with Gasteiger partial charge in [-0.1, -0.05) is 40.2 Å². The number of carbonyl (C=O) groups is 3. The first-order chi connectivity index (χ1) is 19.9.